The SMILES string of the molecule is CCCCNC(=O)Nc1ccc(-n2cnc3c(N)nc4ccc(C(C)CCOCc5ccccc5)cc4c32)cc1. The average molecular weight is 537 g/mol. The first-order valence-corrected chi connectivity index (χ1v) is 13.9. The number of fused-ring (bicyclic) bond motifs is 3. The first-order chi connectivity index (χ1) is 19.5. The van der Waals surface area contributed by atoms with E-state index in [1.54, 1.807) is 6.33 Å². The lowest BCUT2D eigenvalue weighted by molar-refractivity contribution is 0.115. The number of urea groups is 1. The van der Waals surface area contributed by atoms with E-state index in [1.165, 1.54) is 11.1 Å². The second kappa shape index (κ2) is 12.6. The molecule has 3 aromatic carbocycles. The maximum Gasteiger partial charge on any atom is 0.319 e. The van der Waals surface area contributed by atoms with Crippen LogP contribution in [-0.2, 0) is 11.3 Å². The van der Waals surface area contributed by atoms with Crippen LogP contribution < -0.4 is 16.4 Å². The third-order valence-corrected chi connectivity index (χ3v) is 7.12. The van der Waals surface area contributed by atoms with Crippen LogP contribution in [0.5, 0.6) is 0 Å². The number of nitrogens with one attached hydrogen (secondary N) is 2. The van der Waals surface area contributed by atoms with Gasteiger partial charge in [-0.25, -0.2) is 14.8 Å². The van der Waals surface area contributed by atoms with Gasteiger partial charge in [0.25, 0.3) is 0 Å². The van der Waals surface area contributed by atoms with E-state index in [2.05, 4.69) is 58.7 Å². The highest BCUT2D eigenvalue weighted by atomic mass is 16.5. The Morgan fingerprint density at radius 3 is 2.65 bits per heavy atom. The highest BCUT2D eigenvalue weighted by molar-refractivity contribution is 6.07. The van der Waals surface area contributed by atoms with Crippen molar-refractivity contribution in [1.82, 2.24) is 19.9 Å². The molecule has 1 atom stereocenters. The summed E-state index contributed by atoms with van der Waals surface area (Å²) in [4.78, 5) is 21.3. The van der Waals surface area contributed by atoms with Crippen LogP contribution >= 0.6 is 0 Å². The Bertz CT molecular complexity index is 1580. The number of nitrogen functional groups attached to an aromatic ring is 1. The zero-order chi connectivity index (χ0) is 27.9. The first-order valence-electron chi connectivity index (χ1n) is 13.9. The predicted octanol–water partition coefficient (Wildman–Crippen LogP) is 6.79. The van der Waals surface area contributed by atoms with Gasteiger partial charge in [0.1, 0.15) is 11.8 Å². The van der Waals surface area contributed by atoms with Gasteiger partial charge in [-0.3, -0.25) is 4.57 Å². The number of amides is 2. The first kappa shape index (κ1) is 27.1. The van der Waals surface area contributed by atoms with Crippen molar-refractivity contribution in [3.63, 3.8) is 0 Å². The van der Waals surface area contributed by atoms with Crippen molar-refractivity contribution in [3.8, 4) is 5.69 Å². The zero-order valence-corrected chi connectivity index (χ0v) is 23.1. The number of pyridine rings is 1. The second-order valence-electron chi connectivity index (χ2n) is 10.1. The van der Waals surface area contributed by atoms with Crippen molar-refractivity contribution >= 4 is 39.5 Å². The van der Waals surface area contributed by atoms with Gasteiger partial charge in [-0.05, 0) is 66.3 Å². The smallest absolute Gasteiger partial charge is 0.319 e. The summed E-state index contributed by atoms with van der Waals surface area (Å²) in [6.07, 6.45) is 4.67. The summed E-state index contributed by atoms with van der Waals surface area (Å²) in [6.45, 7) is 6.27. The molecule has 1 unspecified atom stereocenters. The standard InChI is InChI=1S/C32H36N6O2/c1-3-4-17-34-32(39)36-25-11-13-26(14-12-25)38-21-35-29-30(38)27-19-24(10-15-28(27)37-31(29)33)22(2)16-18-40-20-23-8-6-5-7-9-23/h5-15,19,21-22H,3-4,16-18,20H2,1-2H3,(H2,33,37)(H2,34,36,39). The normalized spacial score (nSPS) is 12.1. The molecule has 206 valence electrons. The number of benzene rings is 3. The molecule has 2 aromatic heterocycles. The molecule has 0 saturated heterocycles. The lowest BCUT2D eigenvalue weighted by atomic mass is 9.96. The molecule has 0 bridgehead atoms. The number of aromatic nitrogens is 3. The van der Waals surface area contributed by atoms with Gasteiger partial charge in [-0.1, -0.05) is 56.7 Å². The molecule has 2 amide bonds. The lowest BCUT2D eigenvalue weighted by Gasteiger charge is -2.14. The highest BCUT2D eigenvalue weighted by Gasteiger charge is 2.16. The van der Waals surface area contributed by atoms with Crippen LogP contribution in [0.15, 0.2) is 79.1 Å². The quantitative estimate of drug-likeness (QED) is 0.161. The summed E-state index contributed by atoms with van der Waals surface area (Å²) >= 11 is 0. The van der Waals surface area contributed by atoms with Crippen molar-refractivity contribution in [2.45, 2.75) is 45.6 Å². The molecule has 8 heteroatoms. The minimum Gasteiger partial charge on any atom is -0.382 e. The molecule has 0 radical (unpaired) electrons. The van der Waals surface area contributed by atoms with Gasteiger partial charge in [0, 0.05) is 29.9 Å². The number of ether oxygens (including phenoxy) is 1. The minimum atomic E-state index is -0.203. The predicted molar refractivity (Wildman–Crippen MR) is 162 cm³/mol. The van der Waals surface area contributed by atoms with Crippen LogP contribution in [0.3, 0.4) is 0 Å². The fourth-order valence-corrected chi connectivity index (χ4v) is 4.77. The maximum absolute atomic E-state index is 12.1. The van der Waals surface area contributed by atoms with E-state index in [9.17, 15) is 4.79 Å². The summed E-state index contributed by atoms with van der Waals surface area (Å²) in [5.41, 5.74) is 12.7. The molecule has 40 heavy (non-hydrogen) atoms. The number of hydrogen-bond donors (Lipinski definition) is 3. The van der Waals surface area contributed by atoms with Crippen LogP contribution in [0.25, 0.3) is 27.6 Å². The lowest BCUT2D eigenvalue weighted by Crippen LogP contribution is -2.29. The number of imidazole rings is 1. The third-order valence-electron chi connectivity index (χ3n) is 7.12. The number of nitrogens with two attached hydrogens (primary N) is 1. The van der Waals surface area contributed by atoms with Crippen LogP contribution in [0.4, 0.5) is 16.3 Å². The molecule has 0 aliphatic rings. The van der Waals surface area contributed by atoms with Crippen molar-refractivity contribution in [3.05, 3.63) is 90.3 Å². The number of rotatable bonds is 11. The van der Waals surface area contributed by atoms with Gasteiger partial charge in [0.15, 0.2) is 5.82 Å². The average Bonchev–Trinajstić information content (AvgIpc) is 3.43. The van der Waals surface area contributed by atoms with E-state index in [4.69, 9.17) is 10.5 Å². The fraction of sp³-hybridized carbons (Fsp3) is 0.281. The highest BCUT2D eigenvalue weighted by Crippen LogP contribution is 2.32. The topological polar surface area (TPSA) is 107 Å². The third kappa shape index (κ3) is 6.24. The number of carbonyl (C=O) groups excluding carboxylic acids is 1. The Hall–Kier alpha value is -4.43. The van der Waals surface area contributed by atoms with Gasteiger partial charge < -0.3 is 21.1 Å². The molecule has 0 saturated carbocycles. The molecule has 0 spiro atoms. The molecule has 5 aromatic rings. The van der Waals surface area contributed by atoms with Gasteiger partial charge in [0.05, 0.1) is 17.6 Å². The van der Waals surface area contributed by atoms with Gasteiger partial charge >= 0.3 is 6.03 Å². The number of unbranched alkanes of at least 4 members (excludes halogenated alkanes) is 1. The Morgan fingerprint density at radius 1 is 1.07 bits per heavy atom. The maximum atomic E-state index is 12.1. The van der Waals surface area contributed by atoms with Crippen LogP contribution in [0, 0.1) is 0 Å². The summed E-state index contributed by atoms with van der Waals surface area (Å²) in [5, 5.41) is 6.75. The molecule has 4 N–H and O–H groups in total. The number of nitrogens with zero attached hydrogens (tertiary/aromatic N) is 3. The Kier molecular flexibility index (Phi) is 8.56. The summed E-state index contributed by atoms with van der Waals surface area (Å²) in [6, 6.07) is 24.1. The molecular weight excluding hydrogens is 500 g/mol. The van der Waals surface area contributed by atoms with Crippen LogP contribution in [-0.4, -0.2) is 33.7 Å². The number of hydrogen-bond acceptors (Lipinski definition) is 5. The van der Waals surface area contributed by atoms with Crippen molar-refractivity contribution in [2.24, 2.45) is 0 Å². The van der Waals surface area contributed by atoms with E-state index in [-0.39, 0.29) is 6.03 Å². The monoisotopic (exact) mass is 536 g/mol. The molecule has 0 fully saturated rings. The largest absolute Gasteiger partial charge is 0.382 e. The second-order valence-corrected chi connectivity index (χ2v) is 10.1. The van der Waals surface area contributed by atoms with Gasteiger partial charge in [0.2, 0.25) is 0 Å². The molecule has 5 rings (SSSR count). The van der Waals surface area contributed by atoms with Gasteiger partial charge in [-0.15, -0.1) is 0 Å². The van der Waals surface area contributed by atoms with E-state index < -0.39 is 0 Å². The fourth-order valence-electron chi connectivity index (χ4n) is 4.77. The molecule has 8 nitrogen and oxygen atoms in total. The van der Waals surface area contributed by atoms with E-state index >= 15 is 0 Å². The molecule has 2 heterocycles. The van der Waals surface area contributed by atoms with Crippen LogP contribution in [0.2, 0.25) is 0 Å². The number of carbonyl (C=O) groups is 1. The van der Waals surface area contributed by atoms with Crippen molar-refractivity contribution in [1.29, 1.82) is 0 Å². The summed E-state index contributed by atoms with van der Waals surface area (Å²) < 4.78 is 7.96. The molecular formula is C32H36N6O2. The van der Waals surface area contributed by atoms with Crippen molar-refractivity contribution < 1.29 is 9.53 Å². The Balaban J connectivity index is 1.35. The van der Waals surface area contributed by atoms with Crippen molar-refractivity contribution in [2.75, 3.05) is 24.2 Å². The Morgan fingerprint density at radius 2 is 1.88 bits per heavy atom. The zero-order valence-electron chi connectivity index (χ0n) is 23.1. The van der Waals surface area contributed by atoms with E-state index in [0.29, 0.717) is 37.0 Å². The Labute approximate surface area is 234 Å². The molecule has 0 aliphatic carbocycles. The molecule has 0 aliphatic heterocycles. The summed E-state index contributed by atoms with van der Waals surface area (Å²) in [5.74, 6) is 0.705. The van der Waals surface area contributed by atoms with Crippen LogP contribution in [0.1, 0.15) is 50.2 Å². The minimum absolute atomic E-state index is 0.203. The van der Waals surface area contributed by atoms with E-state index in [1.807, 2.05) is 53.1 Å². The van der Waals surface area contributed by atoms with E-state index in [0.717, 1.165) is 47.1 Å². The number of anilines is 2. The van der Waals surface area contributed by atoms with Gasteiger partial charge in [-0.2, -0.15) is 0 Å². The summed E-state index contributed by atoms with van der Waals surface area (Å²) in [7, 11) is 0.